The van der Waals surface area contributed by atoms with Gasteiger partial charge in [-0.3, -0.25) is 4.79 Å². The molecule has 0 aliphatic heterocycles. The van der Waals surface area contributed by atoms with Crippen LogP contribution in [0, 0.1) is 3.57 Å². The van der Waals surface area contributed by atoms with Crippen LogP contribution in [0.5, 0.6) is 0 Å². The van der Waals surface area contributed by atoms with Crippen LogP contribution >= 0.6 is 45.8 Å². The first-order valence-corrected chi connectivity index (χ1v) is 7.38. The van der Waals surface area contributed by atoms with Crippen molar-refractivity contribution in [2.75, 3.05) is 0 Å². The highest BCUT2D eigenvalue weighted by Gasteiger charge is 2.21. The van der Waals surface area contributed by atoms with E-state index in [1.54, 1.807) is 0 Å². The van der Waals surface area contributed by atoms with Crippen molar-refractivity contribution in [3.8, 4) is 0 Å². The molecule has 0 aliphatic rings. The molecule has 1 aromatic carbocycles. The lowest BCUT2D eigenvalue weighted by molar-refractivity contribution is -0.139. The van der Waals surface area contributed by atoms with Gasteiger partial charge in [0.2, 0.25) is 0 Å². The number of halogens is 3. The fourth-order valence-corrected chi connectivity index (χ4v) is 2.55. The Kier molecular flexibility index (Phi) is 6.35. The largest absolute Gasteiger partial charge is 0.480 e. The zero-order chi connectivity index (χ0) is 14.6. The molecule has 0 bridgehead atoms. The van der Waals surface area contributed by atoms with Crippen molar-refractivity contribution in [2.45, 2.75) is 25.8 Å². The van der Waals surface area contributed by atoms with E-state index in [2.05, 4.69) is 5.32 Å². The number of benzene rings is 1. The van der Waals surface area contributed by atoms with Crippen molar-refractivity contribution in [3.05, 3.63) is 31.3 Å². The molecule has 19 heavy (non-hydrogen) atoms. The SMILES string of the molecule is CCC[C@@H](NC(=O)c1cc(Cl)cc(Cl)c1I)C(=O)O. The summed E-state index contributed by atoms with van der Waals surface area (Å²) in [5.74, 6) is -1.55. The van der Waals surface area contributed by atoms with Gasteiger partial charge in [0.15, 0.2) is 0 Å². The summed E-state index contributed by atoms with van der Waals surface area (Å²) in [7, 11) is 0. The van der Waals surface area contributed by atoms with Gasteiger partial charge in [0.1, 0.15) is 6.04 Å². The maximum absolute atomic E-state index is 12.1. The number of hydrogen-bond acceptors (Lipinski definition) is 2. The topological polar surface area (TPSA) is 66.4 Å². The molecular formula is C12H12Cl2INO3. The first-order valence-electron chi connectivity index (χ1n) is 5.55. The normalized spacial score (nSPS) is 12.0. The van der Waals surface area contributed by atoms with Gasteiger partial charge in [0.05, 0.1) is 10.6 Å². The van der Waals surface area contributed by atoms with E-state index in [1.165, 1.54) is 12.1 Å². The number of aliphatic carboxylic acids is 1. The Morgan fingerprint density at radius 1 is 1.42 bits per heavy atom. The summed E-state index contributed by atoms with van der Waals surface area (Å²) in [4.78, 5) is 23.1. The van der Waals surface area contributed by atoms with Crippen LogP contribution in [0.15, 0.2) is 12.1 Å². The van der Waals surface area contributed by atoms with Crippen LogP contribution in [0.2, 0.25) is 10.0 Å². The smallest absolute Gasteiger partial charge is 0.326 e. The molecule has 4 nitrogen and oxygen atoms in total. The summed E-state index contributed by atoms with van der Waals surface area (Å²) in [6.07, 6.45) is 1.02. The molecule has 0 spiro atoms. The molecule has 0 saturated carbocycles. The summed E-state index contributed by atoms with van der Waals surface area (Å²) in [5, 5.41) is 12.2. The van der Waals surface area contributed by atoms with Gasteiger partial charge in [-0.15, -0.1) is 0 Å². The third kappa shape index (κ3) is 4.50. The number of amides is 1. The predicted molar refractivity (Wildman–Crippen MR) is 83.0 cm³/mol. The van der Waals surface area contributed by atoms with Crippen molar-refractivity contribution < 1.29 is 14.7 Å². The number of carbonyl (C=O) groups excluding carboxylic acids is 1. The Morgan fingerprint density at radius 3 is 2.58 bits per heavy atom. The predicted octanol–water partition coefficient (Wildman–Crippen LogP) is 3.58. The monoisotopic (exact) mass is 415 g/mol. The van der Waals surface area contributed by atoms with Gasteiger partial charge >= 0.3 is 5.97 Å². The Hall–Kier alpha value is -0.530. The molecule has 1 amide bonds. The molecule has 2 N–H and O–H groups in total. The molecule has 1 rings (SSSR count). The van der Waals surface area contributed by atoms with E-state index in [9.17, 15) is 9.59 Å². The van der Waals surface area contributed by atoms with Gasteiger partial charge < -0.3 is 10.4 Å². The van der Waals surface area contributed by atoms with E-state index in [0.717, 1.165) is 0 Å². The molecule has 1 atom stereocenters. The number of rotatable bonds is 5. The summed E-state index contributed by atoms with van der Waals surface area (Å²) < 4.78 is 0.543. The molecule has 0 radical (unpaired) electrons. The standard InChI is InChI=1S/C12H12Cl2INO3/c1-2-3-9(12(18)19)16-11(17)7-4-6(13)5-8(14)10(7)15/h4-5,9H,2-3H2,1H3,(H,16,17)(H,18,19)/t9-/m1/s1. The molecular weight excluding hydrogens is 404 g/mol. The molecule has 0 saturated heterocycles. The van der Waals surface area contributed by atoms with Crippen LogP contribution in [0.4, 0.5) is 0 Å². The zero-order valence-electron chi connectivity index (χ0n) is 10.0. The molecule has 0 heterocycles. The van der Waals surface area contributed by atoms with Crippen LogP contribution in [0.25, 0.3) is 0 Å². The zero-order valence-corrected chi connectivity index (χ0v) is 13.7. The van der Waals surface area contributed by atoms with Crippen molar-refractivity contribution >= 4 is 57.7 Å². The first-order chi connectivity index (χ1) is 8.86. The fraction of sp³-hybridized carbons (Fsp3) is 0.333. The van der Waals surface area contributed by atoms with Crippen molar-refractivity contribution in [3.63, 3.8) is 0 Å². The molecule has 104 valence electrons. The molecule has 7 heteroatoms. The average Bonchev–Trinajstić information content (AvgIpc) is 2.32. The first kappa shape index (κ1) is 16.5. The Labute approximate surface area is 134 Å². The van der Waals surface area contributed by atoms with E-state index < -0.39 is 17.9 Å². The Balaban J connectivity index is 2.97. The minimum absolute atomic E-state index is 0.278. The number of hydrogen-bond donors (Lipinski definition) is 2. The highest BCUT2D eigenvalue weighted by atomic mass is 127. The van der Waals surface area contributed by atoms with E-state index in [-0.39, 0.29) is 5.56 Å². The lowest BCUT2D eigenvalue weighted by atomic mass is 10.1. The molecule has 1 aromatic rings. The van der Waals surface area contributed by atoms with E-state index >= 15 is 0 Å². The van der Waals surface area contributed by atoms with Crippen LogP contribution in [0.1, 0.15) is 30.1 Å². The Morgan fingerprint density at radius 2 is 2.05 bits per heavy atom. The third-order valence-electron chi connectivity index (χ3n) is 2.42. The summed E-state index contributed by atoms with van der Waals surface area (Å²) in [6.45, 7) is 1.85. The van der Waals surface area contributed by atoms with Gasteiger partial charge in [-0.25, -0.2) is 4.79 Å². The van der Waals surface area contributed by atoms with Crippen molar-refractivity contribution in [2.24, 2.45) is 0 Å². The van der Waals surface area contributed by atoms with Gasteiger partial charge in [-0.2, -0.15) is 0 Å². The number of carbonyl (C=O) groups is 2. The van der Waals surface area contributed by atoms with Crippen molar-refractivity contribution in [1.29, 1.82) is 0 Å². The number of carboxylic acid groups (broad SMARTS) is 1. The summed E-state index contributed by atoms with van der Waals surface area (Å²) in [5.41, 5.74) is 0.278. The molecule has 0 fully saturated rings. The van der Waals surface area contributed by atoms with Gasteiger partial charge in [-0.1, -0.05) is 36.5 Å². The molecule has 0 aliphatic carbocycles. The van der Waals surface area contributed by atoms with Crippen molar-refractivity contribution in [1.82, 2.24) is 5.32 Å². The molecule has 0 unspecified atom stereocenters. The second-order valence-electron chi connectivity index (χ2n) is 3.90. The van der Waals surface area contributed by atoms with E-state index in [1.807, 2.05) is 29.5 Å². The summed E-state index contributed by atoms with van der Waals surface area (Å²) >= 11 is 13.7. The quantitative estimate of drug-likeness (QED) is 0.570. The Bertz CT molecular complexity index is 508. The second-order valence-corrected chi connectivity index (χ2v) is 5.82. The number of carboxylic acids is 1. The average molecular weight is 416 g/mol. The third-order valence-corrected chi connectivity index (χ3v) is 4.42. The minimum atomic E-state index is -1.06. The van der Waals surface area contributed by atoms with Crippen LogP contribution in [0.3, 0.4) is 0 Å². The second kappa shape index (κ2) is 7.31. The highest BCUT2D eigenvalue weighted by molar-refractivity contribution is 14.1. The maximum Gasteiger partial charge on any atom is 0.326 e. The lowest BCUT2D eigenvalue weighted by Gasteiger charge is -2.14. The van der Waals surface area contributed by atoms with E-state index in [0.29, 0.717) is 26.5 Å². The van der Waals surface area contributed by atoms with Gasteiger partial charge in [0.25, 0.3) is 5.91 Å². The fourth-order valence-electron chi connectivity index (χ4n) is 1.50. The molecule has 0 aromatic heterocycles. The van der Waals surface area contributed by atoms with Gasteiger partial charge in [-0.05, 0) is 41.1 Å². The van der Waals surface area contributed by atoms with Crippen LogP contribution in [-0.2, 0) is 4.79 Å². The highest BCUT2D eigenvalue weighted by Crippen LogP contribution is 2.26. The lowest BCUT2D eigenvalue weighted by Crippen LogP contribution is -2.40. The number of nitrogens with one attached hydrogen (secondary N) is 1. The van der Waals surface area contributed by atoms with Gasteiger partial charge in [0, 0.05) is 8.59 Å². The van der Waals surface area contributed by atoms with Crippen LogP contribution in [-0.4, -0.2) is 23.0 Å². The summed E-state index contributed by atoms with van der Waals surface area (Å²) in [6, 6.07) is 2.09. The minimum Gasteiger partial charge on any atom is -0.480 e. The van der Waals surface area contributed by atoms with E-state index in [4.69, 9.17) is 28.3 Å². The van der Waals surface area contributed by atoms with Crippen LogP contribution < -0.4 is 5.32 Å². The maximum atomic E-state index is 12.1.